The Morgan fingerprint density at radius 1 is 1.47 bits per heavy atom. The van der Waals surface area contributed by atoms with Gasteiger partial charge in [-0.1, -0.05) is 17.7 Å². The van der Waals surface area contributed by atoms with E-state index < -0.39 is 0 Å². The van der Waals surface area contributed by atoms with Crippen molar-refractivity contribution in [2.45, 2.75) is 25.2 Å². The Morgan fingerprint density at radius 2 is 2.29 bits per heavy atom. The summed E-state index contributed by atoms with van der Waals surface area (Å²) >= 11 is 1.65. The number of carbonyl (C=O) groups is 1. The minimum absolute atomic E-state index is 0.132. The molecule has 1 fully saturated rings. The molecule has 1 atom stereocenters. The molecule has 2 rings (SSSR count). The number of rotatable bonds is 4. The van der Waals surface area contributed by atoms with Gasteiger partial charge in [0.05, 0.1) is 12.4 Å². The van der Waals surface area contributed by atoms with Crippen molar-refractivity contribution in [1.82, 2.24) is 0 Å². The van der Waals surface area contributed by atoms with Crippen LogP contribution >= 0.6 is 11.8 Å². The SMILES string of the molecule is Cc1ccc(C)c(SCC(=O)C2CCOC2)c1. The third-order valence-electron chi connectivity index (χ3n) is 3.10. The van der Waals surface area contributed by atoms with Gasteiger partial charge in [0.2, 0.25) is 0 Å². The molecule has 0 amide bonds. The lowest BCUT2D eigenvalue weighted by atomic mass is 10.1. The molecule has 0 spiro atoms. The van der Waals surface area contributed by atoms with Crippen molar-refractivity contribution in [1.29, 1.82) is 0 Å². The normalized spacial score (nSPS) is 19.5. The number of hydrogen-bond donors (Lipinski definition) is 0. The highest BCUT2D eigenvalue weighted by Crippen LogP contribution is 2.25. The van der Waals surface area contributed by atoms with Crippen molar-refractivity contribution in [2.75, 3.05) is 19.0 Å². The average molecular weight is 250 g/mol. The maximum atomic E-state index is 11.9. The van der Waals surface area contributed by atoms with Crippen molar-refractivity contribution < 1.29 is 9.53 Å². The fourth-order valence-corrected chi connectivity index (χ4v) is 3.02. The number of hydrogen-bond acceptors (Lipinski definition) is 3. The lowest BCUT2D eigenvalue weighted by Gasteiger charge is -2.08. The maximum absolute atomic E-state index is 11.9. The molecular formula is C14H18O2S. The summed E-state index contributed by atoms with van der Waals surface area (Å²) in [5.74, 6) is 1.03. The first-order chi connectivity index (χ1) is 8.16. The van der Waals surface area contributed by atoms with Crippen LogP contribution < -0.4 is 0 Å². The minimum Gasteiger partial charge on any atom is -0.381 e. The molecule has 0 N–H and O–H groups in total. The Balaban J connectivity index is 1.92. The van der Waals surface area contributed by atoms with E-state index >= 15 is 0 Å². The Morgan fingerprint density at radius 3 is 3.00 bits per heavy atom. The standard InChI is InChI=1S/C14H18O2S/c1-10-3-4-11(2)14(7-10)17-9-13(15)12-5-6-16-8-12/h3-4,7,12H,5-6,8-9H2,1-2H3. The van der Waals surface area contributed by atoms with Gasteiger partial charge < -0.3 is 4.74 Å². The molecule has 1 saturated heterocycles. The van der Waals surface area contributed by atoms with Gasteiger partial charge in [-0.15, -0.1) is 11.8 Å². The van der Waals surface area contributed by atoms with Crippen molar-refractivity contribution in [2.24, 2.45) is 5.92 Å². The lowest BCUT2D eigenvalue weighted by Crippen LogP contribution is -2.16. The zero-order chi connectivity index (χ0) is 12.3. The minimum atomic E-state index is 0.132. The Kier molecular flexibility index (Phi) is 4.24. The second kappa shape index (κ2) is 5.69. The molecule has 0 radical (unpaired) electrons. The van der Waals surface area contributed by atoms with Crippen LogP contribution in [0.15, 0.2) is 23.1 Å². The zero-order valence-electron chi connectivity index (χ0n) is 10.4. The maximum Gasteiger partial charge on any atom is 0.148 e. The predicted molar refractivity (Wildman–Crippen MR) is 70.6 cm³/mol. The topological polar surface area (TPSA) is 26.3 Å². The molecule has 17 heavy (non-hydrogen) atoms. The van der Waals surface area contributed by atoms with Crippen LogP contribution in [-0.2, 0) is 9.53 Å². The van der Waals surface area contributed by atoms with E-state index in [1.165, 1.54) is 16.0 Å². The van der Waals surface area contributed by atoms with Gasteiger partial charge in [0.15, 0.2) is 0 Å². The quantitative estimate of drug-likeness (QED) is 0.768. The predicted octanol–water partition coefficient (Wildman–Crippen LogP) is 3.00. The van der Waals surface area contributed by atoms with Crippen LogP contribution in [0.1, 0.15) is 17.5 Å². The van der Waals surface area contributed by atoms with Crippen molar-refractivity contribution in [3.05, 3.63) is 29.3 Å². The second-order valence-electron chi connectivity index (χ2n) is 4.58. The van der Waals surface area contributed by atoms with Gasteiger partial charge in [0.1, 0.15) is 5.78 Å². The van der Waals surface area contributed by atoms with Crippen molar-refractivity contribution in [3.8, 4) is 0 Å². The number of carbonyl (C=O) groups excluding carboxylic acids is 1. The molecule has 3 heteroatoms. The van der Waals surface area contributed by atoms with E-state index in [1.807, 2.05) is 0 Å². The summed E-state index contributed by atoms with van der Waals surface area (Å²) < 4.78 is 5.24. The van der Waals surface area contributed by atoms with E-state index in [-0.39, 0.29) is 5.92 Å². The molecule has 1 heterocycles. The van der Waals surface area contributed by atoms with Crippen LogP contribution in [0.2, 0.25) is 0 Å². The summed E-state index contributed by atoms with van der Waals surface area (Å²) in [6, 6.07) is 6.37. The molecule has 2 nitrogen and oxygen atoms in total. The largest absolute Gasteiger partial charge is 0.381 e. The number of benzene rings is 1. The van der Waals surface area contributed by atoms with Crippen LogP contribution in [0.3, 0.4) is 0 Å². The van der Waals surface area contributed by atoms with Crippen LogP contribution in [0, 0.1) is 19.8 Å². The third-order valence-corrected chi connectivity index (χ3v) is 4.28. The van der Waals surface area contributed by atoms with Gasteiger partial charge in [0, 0.05) is 17.4 Å². The second-order valence-corrected chi connectivity index (χ2v) is 5.60. The van der Waals surface area contributed by atoms with Crippen molar-refractivity contribution in [3.63, 3.8) is 0 Å². The first-order valence-electron chi connectivity index (χ1n) is 5.97. The van der Waals surface area contributed by atoms with Gasteiger partial charge in [-0.2, -0.15) is 0 Å². The Labute approximate surface area is 107 Å². The number of ether oxygens (including phenoxy) is 1. The van der Waals surface area contributed by atoms with Crippen molar-refractivity contribution >= 4 is 17.5 Å². The highest BCUT2D eigenvalue weighted by Gasteiger charge is 2.23. The van der Waals surface area contributed by atoms with Gasteiger partial charge in [0.25, 0.3) is 0 Å². The van der Waals surface area contributed by atoms with Gasteiger partial charge >= 0.3 is 0 Å². The van der Waals surface area contributed by atoms with Gasteiger partial charge in [-0.25, -0.2) is 0 Å². The molecule has 0 bridgehead atoms. The molecule has 92 valence electrons. The summed E-state index contributed by atoms with van der Waals surface area (Å²) in [5.41, 5.74) is 2.49. The lowest BCUT2D eigenvalue weighted by molar-refractivity contribution is -0.120. The number of Topliss-reactive ketones (excluding diaryl/α,β-unsaturated/α-hetero) is 1. The van der Waals surface area contributed by atoms with Crippen LogP contribution in [0.25, 0.3) is 0 Å². The third kappa shape index (κ3) is 3.33. The highest BCUT2D eigenvalue weighted by atomic mass is 32.2. The number of aryl methyl sites for hydroxylation is 2. The smallest absolute Gasteiger partial charge is 0.148 e. The van der Waals surface area contributed by atoms with Gasteiger partial charge in [-0.05, 0) is 31.9 Å². The zero-order valence-corrected chi connectivity index (χ0v) is 11.2. The first-order valence-corrected chi connectivity index (χ1v) is 6.96. The summed E-state index contributed by atoms with van der Waals surface area (Å²) in [6.07, 6.45) is 0.895. The molecule has 1 aromatic rings. The molecule has 0 aromatic heterocycles. The molecule has 1 aliphatic heterocycles. The van der Waals surface area contributed by atoms with E-state index in [4.69, 9.17) is 4.74 Å². The van der Waals surface area contributed by atoms with Crippen LogP contribution in [-0.4, -0.2) is 24.7 Å². The van der Waals surface area contributed by atoms with Crippen LogP contribution in [0.4, 0.5) is 0 Å². The summed E-state index contributed by atoms with van der Waals surface area (Å²) in [6.45, 7) is 5.53. The molecule has 1 unspecified atom stereocenters. The van der Waals surface area contributed by atoms with Crippen LogP contribution in [0.5, 0.6) is 0 Å². The van der Waals surface area contributed by atoms with E-state index in [1.54, 1.807) is 11.8 Å². The fraction of sp³-hybridized carbons (Fsp3) is 0.500. The molecular weight excluding hydrogens is 232 g/mol. The Hall–Kier alpha value is -0.800. The number of ketones is 1. The number of thioether (sulfide) groups is 1. The molecule has 1 aromatic carbocycles. The van der Waals surface area contributed by atoms with E-state index in [9.17, 15) is 4.79 Å². The van der Waals surface area contributed by atoms with E-state index in [0.717, 1.165) is 13.0 Å². The molecule has 0 saturated carbocycles. The van der Waals surface area contributed by atoms with Gasteiger partial charge in [-0.3, -0.25) is 4.79 Å². The molecule has 1 aliphatic rings. The van der Waals surface area contributed by atoms with E-state index in [0.29, 0.717) is 18.1 Å². The first kappa shape index (κ1) is 12.7. The fourth-order valence-electron chi connectivity index (χ4n) is 1.92. The molecule has 0 aliphatic carbocycles. The average Bonchev–Trinajstić information content (AvgIpc) is 2.83. The monoisotopic (exact) mass is 250 g/mol. The Bertz CT molecular complexity index is 409. The summed E-state index contributed by atoms with van der Waals surface area (Å²) in [7, 11) is 0. The highest BCUT2D eigenvalue weighted by molar-refractivity contribution is 8.00. The summed E-state index contributed by atoms with van der Waals surface area (Å²) in [5, 5.41) is 0. The summed E-state index contributed by atoms with van der Waals surface area (Å²) in [4.78, 5) is 13.1. The van der Waals surface area contributed by atoms with E-state index in [2.05, 4.69) is 32.0 Å².